The van der Waals surface area contributed by atoms with Gasteiger partial charge < -0.3 is 14.7 Å². The van der Waals surface area contributed by atoms with Gasteiger partial charge in [0.2, 0.25) is 0 Å². The first-order chi connectivity index (χ1) is 12.3. The molecule has 0 aliphatic carbocycles. The third-order valence-electron chi connectivity index (χ3n) is 3.95. The maximum atomic E-state index is 13.5. The van der Waals surface area contributed by atoms with Gasteiger partial charge in [-0.25, -0.2) is 14.0 Å². The summed E-state index contributed by atoms with van der Waals surface area (Å²) >= 11 is 0. The molecule has 1 aromatic carbocycles. The molecular weight excluding hydrogens is 347 g/mol. The van der Waals surface area contributed by atoms with Gasteiger partial charge >= 0.3 is 11.9 Å². The van der Waals surface area contributed by atoms with Crippen molar-refractivity contribution in [3.05, 3.63) is 63.0 Å². The number of rotatable bonds is 6. The number of allylic oxidation sites excluding steroid dienone is 1. The molecule has 1 unspecified atom stereocenters. The Bertz CT molecular complexity index is 817. The summed E-state index contributed by atoms with van der Waals surface area (Å²) in [7, 11) is 1.42. The summed E-state index contributed by atoms with van der Waals surface area (Å²) in [5.74, 6) is -3.38. The molecule has 1 aliphatic rings. The minimum Gasteiger partial charge on any atom is -0.478 e. The van der Waals surface area contributed by atoms with Crippen molar-refractivity contribution < 1.29 is 28.7 Å². The lowest BCUT2D eigenvalue weighted by molar-refractivity contribution is -0.384. The first-order valence-electron chi connectivity index (χ1n) is 7.70. The fraction of sp³-hybridized carbons (Fsp3) is 0.294. The van der Waals surface area contributed by atoms with Crippen molar-refractivity contribution in [1.82, 2.24) is 4.90 Å². The summed E-state index contributed by atoms with van der Waals surface area (Å²) in [6.07, 6.45) is 1.29. The van der Waals surface area contributed by atoms with E-state index in [4.69, 9.17) is 4.74 Å². The van der Waals surface area contributed by atoms with Crippen LogP contribution in [-0.2, 0) is 14.3 Å². The quantitative estimate of drug-likeness (QED) is 0.469. The Morgan fingerprint density at radius 3 is 2.65 bits per heavy atom. The fourth-order valence-electron chi connectivity index (χ4n) is 2.84. The van der Waals surface area contributed by atoms with E-state index in [-0.39, 0.29) is 34.7 Å². The molecule has 1 N–H and O–H groups in total. The number of hydrogen-bond acceptors (Lipinski definition) is 6. The molecule has 0 saturated heterocycles. The molecule has 1 aliphatic heterocycles. The molecule has 1 heterocycles. The van der Waals surface area contributed by atoms with Crippen molar-refractivity contribution >= 4 is 17.6 Å². The van der Waals surface area contributed by atoms with Crippen LogP contribution in [0.3, 0.4) is 0 Å². The molecule has 8 nitrogen and oxygen atoms in total. The molecule has 1 aromatic rings. The number of nitrogens with zero attached hydrogens (tertiary/aromatic N) is 2. The predicted octanol–water partition coefficient (Wildman–Crippen LogP) is 2.38. The number of esters is 1. The smallest absolute Gasteiger partial charge is 0.336 e. The van der Waals surface area contributed by atoms with Crippen LogP contribution >= 0.6 is 0 Å². The van der Waals surface area contributed by atoms with E-state index in [0.717, 1.165) is 0 Å². The number of hydrogen-bond donors (Lipinski definition) is 1. The standard InChI is InChI=1S/C17H17FN2O6/c1-3-26-17(23)12-9-19(2)13(8-18)15(16(21)22)14(12)10-5-4-6-11(7-10)20(24)25/h4-7,9,14H,3,8H2,1-2H3,(H,21,22). The second-order valence-electron chi connectivity index (χ2n) is 5.50. The SMILES string of the molecule is CCOC(=O)C1=CN(C)C(CF)=C(C(=O)O)C1c1cccc([N+](=O)[O-])c1. The van der Waals surface area contributed by atoms with E-state index in [9.17, 15) is 29.2 Å². The summed E-state index contributed by atoms with van der Waals surface area (Å²) in [4.78, 5) is 35.8. The van der Waals surface area contributed by atoms with Crippen LogP contribution in [0, 0.1) is 10.1 Å². The molecule has 138 valence electrons. The molecule has 0 fully saturated rings. The molecule has 0 spiro atoms. The third kappa shape index (κ3) is 3.56. The van der Waals surface area contributed by atoms with Crippen molar-refractivity contribution in [2.45, 2.75) is 12.8 Å². The lowest BCUT2D eigenvalue weighted by Crippen LogP contribution is -2.31. The Labute approximate surface area is 148 Å². The van der Waals surface area contributed by atoms with Crippen molar-refractivity contribution in [2.75, 3.05) is 20.3 Å². The number of non-ortho nitro benzene ring substituents is 1. The number of carboxylic acids is 1. The Balaban J connectivity index is 2.70. The minimum absolute atomic E-state index is 0.0375. The number of benzene rings is 1. The van der Waals surface area contributed by atoms with E-state index in [2.05, 4.69) is 0 Å². The normalized spacial score (nSPS) is 17.0. The van der Waals surface area contributed by atoms with Gasteiger partial charge in [-0.1, -0.05) is 12.1 Å². The summed E-state index contributed by atoms with van der Waals surface area (Å²) in [6, 6.07) is 5.24. The topological polar surface area (TPSA) is 110 Å². The summed E-state index contributed by atoms with van der Waals surface area (Å²) in [5, 5.41) is 20.7. The van der Waals surface area contributed by atoms with Crippen molar-refractivity contribution in [3.8, 4) is 0 Å². The summed E-state index contributed by atoms with van der Waals surface area (Å²) in [6.45, 7) is 0.577. The van der Waals surface area contributed by atoms with Crippen LogP contribution in [-0.4, -0.2) is 47.2 Å². The number of halogens is 1. The van der Waals surface area contributed by atoms with E-state index in [0.29, 0.717) is 0 Å². The van der Waals surface area contributed by atoms with Crippen LogP contribution < -0.4 is 0 Å². The highest BCUT2D eigenvalue weighted by Gasteiger charge is 2.38. The number of carbonyl (C=O) groups is 2. The predicted molar refractivity (Wildman–Crippen MR) is 89.0 cm³/mol. The first-order valence-corrected chi connectivity index (χ1v) is 7.70. The van der Waals surface area contributed by atoms with E-state index in [1.54, 1.807) is 6.92 Å². The zero-order valence-electron chi connectivity index (χ0n) is 14.1. The van der Waals surface area contributed by atoms with Gasteiger partial charge in [-0.3, -0.25) is 10.1 Å². The first kappa shape index (κ1) is 19.1. The van der Waals surface area contributed by atoms with Crippen LogP contribution in [0.15, 0.2) is 47.3 Å². The Morgan fingerprint density at radius 2 is 2.12 bits per heavy atom. The third-order valence-corrected chi connectivity index (χ3v) is 3.95. The minimum atomic E-state index is -1.42. The molecule has 0 aromatic heterocycles. The van der Waals surface area contributed by atoms with Crippen LogP contribution in [0.2, 0.25) is 0 Å². The van der Waals surface area contributed by atoms with Crippen LogP contribution in [0.5, 0.6) is 0 Å². The van der Waals surface area contributed by atoms with Gasteiger partial charge in [0.1, 0.15) is 6.67 Å². The number of alkyl halides is 1. The maximum absolute atomic E-state index is 13.5. The fourth-order valence-corrected chi connectivity index (χ4v) is 2.84. The number of ether oxygens (including phenoxy) is 1. The van der Waals surface area contributed by atoms with E-state index >= 15 is 0 Å². The van der Waals surface area contributed by atoms with Crippen LogP contribution in [0.25, 0.3) is 0 Å². The number of carbonyl (C=O) groups excluding carboxylic acids is 1. The number of aliphatic carboxylic acids is 1. The van der Waals surface area contributed by atoms with Gasteiger partial charge in [-0.05, 0) is 12.5 Å². The number of nitro benzene ring substituents is 1. The van der Waals surface area contributed by atoms with Gasteiger partial charge in [0, 0.05) is 25.4 Å². The molecule has 0 amide bonds. The van der Waals surface area contributed by atoms with Crippen molar-refractivity contribution in [2.24, 2.45) is 0 Å². The molecule has 26 heavy (non-hydrogen) atoms. The highest BCUT2D eigenvalue weighted by Crippen LogP contribution is 2.40. The van der Waals surface area contributed by atoms with Crippen LogP contribution in [0.1, 0.15) is 18.4 Å². The zero-order valence-corrected chi connectivity index (χ0v) is 14.1. The number of carboxylic acid groups (broad SMARTS) is 1. The molecular formula is C17H17FN2O6. The van der Waals surface area contributed by atoms with E-state index < -0.39 is 29.5 Å². The van der Waals surface area contributed by atoms with Gasteiger partial charge in [0.05, 0.1) is 34.3 Å². The Kier molecular flexibility index (Phi) is 5.71. The highest BCUT2D eigenvalue weighted by atomic mass is 19.1. The molecule has 0 radical (unpaired) electrons. The lowest BCUT2D eigenvalue weighted by Gasteiger charge is -2.31. The average molecular weight is 364 g/mol. The van der Waals surface area contributed by atoms with E-state index in [1.807, 2.05) is 0 Å². The van der Waals surface area contributed by atoms with Crippen LogP contribution in [0.4, 0.5) is 10.1 Å². The van der Waals surface area contributed by atoms with Gasteiger partial charge in [0.15, 0.2) is 0 Å². The largest absolute Gasteiger partial charge is 0.478 e. The number of nitro groups is 1. The lowest BCUT2D eigenvalue weighted by atomic mass is 9.81. The van der Waals surface area contributed by atoms with Gasteiger partial charge in [-0.2, -0.15) is 0 Å². The monoisotopic (exact) mass is 364 g/mol. The zero-order chi connectivity index (χ0) is 19.4. The summed E-state index contributed by atoms with van der Waals surface area (Å²) < 4.78 is 18.5. The molecule has 2 rings (SSSR count). The highest BCUT2D eigenvalue weighted by molar-refractivity contribution is 5.98. The maximum Gasteiger partial charge on any atom is 0.336 e. The van der Waals surface area contributed by atoms with Crippen molar-refractivity contribution in [1.29, 1.82) is 0 Å². The molecule has 0 bridgehead atoms. The molecule has 1 atom stereocenters. The summed E-state index contributed by atoms with van der Waals surface area (Å²) in [5.41, 5.74) is -0.612. The molecule has 0 saturated carbocycles. The van der Waals surface area contributed by atoms with Gasteiger partial charge in [0.25, 0.3) is 5.69 Å². The van der Waals surface area contributed by atoms with E-state index in [1.165, 1.54) is 42.4 Å². The second-order valence-corrected chi connectivity index (χ2v) is 5.50. The van der Waals surface area contributed by atoms with Gasteiger partial charge in [-0.15, -0.1) is 0 Å². The Hall–Kier alpha value is -3.23. The molecule has 9 heteroatoms. The Morgan fingerprint density at radius 1 is 1.42 bits per heavy atom. The second kappa shape index (κ2) is 7.77. The van der Waals surface area contributed by atoms with Crippen molar-refractivity contribution in [3.63, 3.8) is 0 Å². The average Bonchev–Trinajstić information content (AvgIpc) is 2.60.